The number of fused-ring (bicyclic) bond motifs is 1. The summed E-state index contributed by atoms with van der Waals surface area (Å²) in [5.74, 6) is 0.535. The zero-order valence-electron chi connectivity index (χ0n) is 16.7. The number of ether oxygens (including phenoxy) is 1. The van der Waals surface area contributed by atoms with Crippen molar-refractivity contribution in [2.45, 2.75) is 6.92 Å². The summed E-state index contributed by atoms with van der Waals surface area (Å²) in [4.78, 5) is 17.1. The molecule has 156 valence electrons. The monoisotopic (exact) mass is 451 g/mol. The van der Waals surface area contributed by atoms with Gasteiger partial charge in [-0.3, -0.25) is 10.1 Å². The molecule has 0 saturated heterocycles. The first-order chi connectivity index (χ1) is 15.0. The highest BCUT2D eigenvalue weighted by atomic mass is 35.5. The van der Waals surface area contributed by atoms with E-state index in [9.17, 15) is 4.79 Å². The maximum atomic E-state index is 12.7. The molecule has 0 atom stereocenters. The Morgan fingerprint density at radius 1 is 1.13 bits per heavy atom. The Morgan fingerprint density at radius 2 is 1.94 bits per heavy atom. The van der Waals surface area contributed by atoms with E-state index in [1.165, 1.54) is 7.11 Å². The number of rotatable bonds is 4. The second kappa shape index (κ2) is 8.75. The molecule has 6 nitrogen and oxygen atoms in total. The minimum absolute atomic E-state index is 0.138. The van der Waals surface area contributed by atoms with Crippen molar-refractivity contribution in [1.82, 2.24) is 10.3 Å². The van der Waals surface area contributed by atoms with E-state index in [0.29, 0.717) is 39.1 Å². The minimum Gasteiger partial charge on any atom is -0.496 e. The van der Waals surface area contributed by atoms with Crippen molar-refractivity contribution in [3.05, 3.63) is 76.8 Å². The van der Waals surface area contributed by atoms with Crippen LogP contribution in [0.1, 0.15) is 15.9 Å². The van der Waals surface area contributed by atoms with Crippen LogP contribution in [0, 0.1) is 6.92 Å². The number of halogens is 1. The van der Waals surface area contributed by atoms with Crippen molar-refractivity contribution >= 4 is 51.6 Å². The highest BCUT2D eigenvalue weighted by molar-refractivity contribution is 7.80. The number of aromatic nitrogens is 1. The SMILES string of the molecule is COc1c(C)cccc1C(=O)NC(=S)Nc1ccc(Cl)c(-c2nc3ccccc3o2)c1. The van der Waals surface area contributed by atoms with Crippen LogP contribution in [0.25, 0.3) is 22.6 Å². The highest BCUT2D eigenvalue weighted by Gasteiger charge is 2.16. The average Bonchev–Trinajstić information content (AvgIpc) is 3.18. The van der Waals surface area contributed by atoms with E-state index in [4.69, 9.17) is 33.0 Å². The quantitative estimate of drug-likeness (QED) is 0.394. The number of benzene rings is 3. The van der Waals surface area contributed by atoms with E-state index < -0.39 is 0 Å². The van der Waals surface area contributed by atoms with Gasteiger partial charge in [-0.1, -0.05) is 35.9 Å². The summed E-state index contributed by atoms with van der Waals surface area (Å²) in [7, 11) is 1.52. The van der Waals surface area contributed by atoms with Crippen LogP contribution in [0.4, 0.5) is 5.69 Å². The van der Waals surface area contributed by atoms with E-state index in [2.05, 4.69) is 15.6 Å². The molecule has 4 aromatic rings. The summed E-state index contributed by atoms with van der Waals surface area (Å²) in [6, 6.07) is 18.0. The minimum atomic E-state index is -0.369. The molecule has 3 aromatic carbocycles. The lowest BCUT2D eigenvalue weighted by atomic mass is 10.1. The topological polar surface area (TPSA) is 76.4 Å². The molecule has 0 radical (unpaired) electrons. The van der Waals surface area contributed by atoms with Gasteiger partial charge >= 0.3 is 0 Å². The lowest BCUT2D eigenvalue weighted by Crippen LogP contribution is -2.34. The predicted octanol–water partition coefficient (Wildman–Crippen LogP) is 5.59. The molecule has 0 bridgehead atoms. The number of carbonyl (C=O) groups is 1. The van der Waals surface area contributed by atoms with E-state index in [1.807, 2.05) is 37.3 Å². The maximum absolute atomic E-state index is 12.7. The first-order valence-electron chi connectivity index (χ1n) is 9.37. The van der Waals surface area contributed by atoms with Gasteiger partial charge in [0.2, 0.25) is 5.89 Å². The maximum Gasteiger partial charge on any atom is 0.261 e. The van der Waals surface area contributed by atoms with E-state index in [-0.39, 0.29) is 11.0 Å². The molecule has 0 spiro atoms. The molecule has 1 amide bonds. The molecule has 4 rings (SSSR count). The van der Waals surface area contributed by atoms with Crippen molar-refractivity contribution in [2.75, 3.05) is 12.4 Å². The van der Waals surface area contributed by atoms with Crippen molar-refractivity contribution < 1.29 is 13.9 Å². The molecule has 2 N–H and O–H groups in total. The molecule has 0 aliphatic heterocycles. The largest absolute Gasteiger partial charge is 0.496 e. The summed E-state index contributed by atoms with van der Waals surface area (Å²) in [5.41, 5.74) is 3.90. The van der Waals surface area contributed by atoms with Gasteiger partial charge in [0.15, 0.2) is 10.7 Å². The van der Waals surface area contributed by atoms with Gasteiger partial charge in [-0.25, -0.2) is 4.98 Å². The lowest BCUT2D eigenvalue weighted by molar-refractivity contribution is 0.0974. The van der Waals surface area contributed by atoms with Gasteiger partial charge in [0.05, 0.1) is 23.3 Å². The van der Waals surface area contributed by atoms with Gasteiger partial charge in [-0.15, -0.1) is 0 Å². The van der Waals surface area contributed by atoms with Gasteiger partial charge in [0.25, 0.3) is 5.91 Å². The number of aryl methyl sites for hydroxylation is 1. The third-order valence-electron chi connectivity index (χ3n) is 4.64. The smallest absolute Gasteiger partial charge is 0.261 e. The summed E-state index contributed by atoms with van der Waals surface area (Å²) in [6.45, 7) is 1.87. The van der Waals surface area contributed by atoms with Crippen LogP contribution < -0.4 is 15.4 Å². The third kappa shape index (κ3) is 4.38. The second-order valence-corrected chi connectivity index (χ2v) is 7.56. The number of anilines is 1. The van der Waals surface area contributed by atoms with Crippen molar-refractivity contribution in [1.29, 1.82) is 0 Å². The average molecular weight is 452 g/mol. The van der Waals surface area contributed by atoms with Crippen LogP contribution in [0.15, 0.2) is 65.1 Å². The summed E-state index contributed by atoms with van der Waals surface area (Å²) < 4.78 is 11.2. The Hall–Kier alpha value is -3.42. The van der Waals surface area contributed by atoms with Gasteiger partial charge in [0.1, 0.15) is 11.3 Å². The van der Waals surface area contributed by atoms with Crippen LogP contribution in [-0.4, -0.2) is 23.1 Å². The number of methoxy groups -OCH3 is 1. The fourth-order valence-corrected chi connectivity index (χ4v) is 3.60. The zero-order valence-corrected chi connectivity index (χ0v) is 18.3. The van der Waals surface area contributed by atoms with Gasteiger partial charge < -0.3 is 14.5 Å². The van der Waals surface area contributed by atoms with Crippen molar-refractivity contribution in [3.63, 3.8) is 0 Å². The number of amides is 1. The number of oxazole rings is 1. The summed E-state index contributed by atoms with van der Waals surface area (Å²) in [5, 5.41) is 6.29. The van der Waals surface area contributed by atoms with Crippen LogP contribution in [0.2, 0.25) is 5.02 Å². The van der Waals surface area contributed by atoms with Crippen LogP contribution >= 0.6 is 23.8 Å². The number of para-hydroxylation sites is 3. The van der Waals surface area contributed by atoms with Crippen molar-refractivity contribution in [3.8, 4) is 17.2 Å². The first-order valence-corrected chi connectivity index (χ1v) is 10.2. The van der Waals surface area contributed by atoms with Crippen LogP contribution in [0.5, 0.6) is 5.75 Å². The van der Waals surface area contributed by atoms with E-state index in [0.717, 1.165) is 11.1 Å². The number of hydrogen-bond donors (Lipinski definition) is 2. The highest BCUT2D eigenvalue weighted by Crippen LogP contribution is 2.32. The molecule has 0 unspecified atom stereocenters. The third-order valence-corrected chi connectivity index (χ3v) is 5.17. The lowest BCUT2D eigenvalue weighted by Gasteiger charge is -2.13. The van der Waals surface area contributed by atoms with Crippen molar-refractivity contribution in [2.24, 2.45) is 0 Å². The Labute approximate surface area is 189 Å². The standard InChI is InChI=1S/C23H18ClN3O3S/c1-13-6-5-7-15(20(13)29-2)21(28)27-23(31)25-14-10-11-17(24)16(12-14)22-26-18-8-3-4-9-19(18)30-22/h3-12H,1-2H3,(H2,25,27,28,31). The molecule has 31 heavy (non-hydrogen) atoms. The number of hydrogen-bond acceptors (Lipinski definition) is 5. The second-order valence-electron chi connectivity index (χ2n) is 6.75. The molecule has 0 saturated carbocycles. The Balaban J connectivity index is 1.53. The molecule has 0 aliphatic rings. The molecule has 1 aromatic heterocycles. The number of thiocarbonyl (C=S) groups is 1. The fraction of sp³-hybridized carbons (Fsp3) is 0.0870. The summed E-state index contributed by atoms with van der Waals surface area (Å²) in [6.07, 6.45) is 0. The summed E-state index contributed by atoms with van der Waals surface area (Å²) >= 11 is 11.7. The van der Waals surface area contributed by atoms with Gasteiger partial charge in [-0.2, -0.15) is 0 Å². The Morgan fingerprint density at radius 3 is 2.71 bits per heavy atom. The molecule has 1 heterocycles. The fourth-order valence-electron chi connectivity index (χ4n) is 3.19. The molecule has 8 heteroatoms. The molecule has 0 aliphatic carbocycles. The normalized spacial score (nSPS) is 10.7. The Kier molecular flexibility index (Phi) is 5.88. The number of nitrogens with one attached hydrogen (secondary N) is 2. The molecular formula is C23H18ClN3O3S. The van der Waals surface area contributed by atoms with E-state index in [1.54, 1.807) is 30.3 Å². The van der Waals surface area contributed by atoms with Crippen LogP contribution in [-0.2, 0) is 0 Å². The van der Waals surface area contributed by atoms with Gasteiger partial charge in [-0.05, 0) is 61.1 Å². The predicted molar refractivity (Wildman–Crippen MR) is 126 cm³/mol. The molecule has 0 fully saturated rings. The Bertz CT molecular complexity index is 1270. The first kappa shape index (κ1) is 20.8. The number of carbonyl (C=O) groups excluding carboxylic acids is 1. The van der Waals surface area contributed by atoms with Crippen LogP contribution in [0.3, 0.4) is 0 Å². The zero-order chi connectivity index (χ0) is 22.0. The number of nitrogens with zero attached hydrogens (tertiary/aromatic N) is 1. The van der Waals surface area contributed by atoms with Gasteiger partial charge in [0, 0.05) is 5.69 Å². The molecular weight excluding hydrogens is 434 g/mol. The van der Waals surface area contributed by atoms with E-state index >= 15 is 0 Å².